The molecule has 0 aliphatic heterocycles. The van der Waals surface area contributed by atoms with Crippen LogP contribution in [0.1, 0.15) is 17.0 Å². The van der Waals surface area contributed by atoms with Crippen LogP contribution in [0.25, 0.3) is 5.69 Å². The molecule has 122 valence electrons. The van der Waals surface area contributed by atoms with Gasteiger partial charge in [-0.1, -0.05) is 24.3 Å². The maximum absolute atomic E-state index is 5.98. The van der Waals surface area contributed by atoms with E-state index in [9.17, 15) is 0 Å². The van der Waals surface area contributed by atoms with Gasteiger partial charge >= 0.3 is 0 Å². The molecule has 0 amide bonds. The average molecular weight is 320 g/mol. The van der Waals surface area contributed by atoms with Gasteiger partial charge in [0.2, 0.25) is 0 Å². The van der Waals surface area contributed by atoms with Crippen LogP contribution in [0.4, 0.5) is 5.69 Å². The molecule has 6 heteroatoms. The zero-order valence-electron chi connectivity index (χ0n) is 13.8. The van der Waals surface area contributed by atoms with Crippen LogP contribution in [0.15, 0.2) is 59.9 Å². The van der Waals surface area contributed by atoms with Crippen molar-refractivity contribution in [2.45, 2.75) is 20.4 Å². The first kappa shape index (κ1) is 15.7. The van der Waals surface area contributed by atoms with Gasteiger partial charge in [-0.15, -0.1) is 10.2 Å². The van der Waals surface area contributed by atoms with Gasteiger partial charge in [-0.2, -0.15) is 0 Å². The molecule has 24 heavy (non-hydrogen) atoms. The number of benzene rings is 2. The van der Waals surface area contributed by atoms with E-state index in [1.54, 1.807) is 6.33 Å². The number of nitrogens with one attached hydrogen (secondary N) is 1. The monoisotopic (exact) mass is 320 g/mol. The molecule has 0 saturated heterocycles. The lowest BCUT2D eigenvalue weighted by molar-refractivity contribution is 0.859. The highest BCUT2D eigenvalue weighted by atomic mass is 15.3. The Kier molecular flexibility index (Phi) is 4.56. The van der Waals surface area contributed by atoms with Gasteiger partial charge in [-0.25, -0.2) is 4.99 Å². The van der Waals surface area contributed by atoms with Crippen LogP contribution < -0.4 is 11.1 Å². The van der Waals surface area contributed by atoms with Crippen molar-refractivity contribution < 1.29 is 0 Å². The first-order valence-corrected chi connectivity index (χ1v) is 7.72. The van der Waals surface area contributed by atoms with Gasteiger partial charge in [-0.05, 0) is 49.2 Å². The minimum absolute atomic E-state index is 0.346. The molecule has 3 aromatic rings. The van der Waals surface area contributed by atoms with Crippen LogP contribution in [0.3, 0.4) is 0 Å². The number of hydrogen-bond acceptors (Lipinski definition) is 3. The molecule has 3 rings (SSSR count). The van der Waals surface area contributed by atoms with Crippen molar-refractivity contribution in [2.75, 3.05) is 5.32 Å². The molecule has 6 nitrogen and oxygen atoms in total. The third-order valence-corrected chi connectivity index (χ3v) is 3.82. The highest BCUT2D eigenvalue weighted by molar-refractivity contribution is 5.92. The van der Waals surface area contributed by atoms with Crippen molar-refractivity contribution >= 4 is 11.6 Å². The summed E-state index contributed by atoms with van der Waals surface area (Å²) in [7, 11) is 0. The third kappa shape index (κ3) is 3.60. The Bertz CT molecular complexity index is 851. The average Bonchev–Trinajstić information content (AvgIpc) is 3.06. The summed E-state index contributed by atoms with van der Waals surface area (Å²) in [6.07, 6.45) is 1.67. The summed E-state index contributed by atoms with van der Waals surface area (Å²) in [4.78, 5) is 4.36. The molecule has 3 N–H and O–H groups in total. The zero-order valence-corrected chi connectivity index (χ0v) is 13.8. The lowest BCUT2D eigenvalue weighted by Gasteiger charge is -2.08. The van der Waals surface area contributed by atoms with E-state index in [0.717, 1.165) is 17.2 Å². The molecule has 0 fully saturated rings. The van der Waals surface area contributed by atoms with Crippen molar-refractivity contribution in [2.24, 2.45) is 10.7 Å². The minimum Gasteiger partial charge on any atom is -0.370 e. The van der Waals surface area contributed by atoms with Crippen molar-refractivity contribution in [3.63, 3.8) is 0 Å². The van der Waals surface area contributed by atoms with Crippen LogP contribution in [0.5, 0.6) is 0 Å². The summed E-state index contributed by atoms with van der Waals surface area (Å²) in [5, 5.41) is 11.2. The molecule has 0 saturated carbocycles. The van der Waals surface area contributed by atoms with Crippen LogP contribution in [-0.4, -0.2) is 20.7 Å². The Morgan fingerprint density at radius 2 is 1.92 bits per heavy atom. The molecule has 0 bridgehead atoms. The van der Waals surface area contributed by atoms with Gasteiger partial charge in [0.05, 0.1) is 0 Å². The summed E-state index contributed by atoms with van der Waals surface area (Å²) >= 11 is 0. The number of aliphatic imine (C=N–C) groups is 1. The second-order valence-corrected chi connectivity index (χ2v) is 5.58. The largest absolute Gasteiger partial charge is 0.370 e. The normalized spacial score (nSPS) is 11.5. The molecule has 2 aromatic carbocycles. The number of aryl methyl sites for hydroxylation is 2. The van der Waals surface area contributed by atoms with Crippen molar-refractivity contribution in [3.05, 3.63) is 71.8 Å². The lowest BCUT2D eigenvalue weighted by Crippen LogP contribution is -2.23. The van der Waals surface area contributed by atoms with Crippen LogP contribution in [0.2, 0.25) is 0 Å². The number of nitrogens with zero attached hydrogens (tertiary/aromatic N) is 4. The number of rotatable bonds is 4. The summed E-state index contributed by atoms with van der Waals surface area (Å²) in [6.45, 7) is 4.49. The van der Waals surface area contributed by atoms with Crippen LogP contribution in [0, 0.1) is 13.8 Å². The zero-order chi connectivity index (χ0) is 16.9. The van der Waals surface area contributed by atoms with Crippen molar-refractivity contribution in [3.8, 4) is 5.69 Å². The predicted molar refractivity (Wildman–Crippen MR) is 96.2 cm³/mol. The van der Waals surface area contributed by atoms with Crippen LogP contribution >= 0.6 is 0 Å². The molecule has 0 unspecified atom stereocenters. The number of guanidine groups is 1. The molecule has 0 aliphatic carbocycles. The fraction of sp³-hybridized carbons (Fsp3) is 0.167. The second-order valence-electron chi connectivity index (χ2n) is 5.58. The summed E-state index contributed by atoms with van der Waals surface area (Å²) in [6, 6.07) is 16.0. The maximum atomic E-state index is 5.98. The van der Waals surface area contributed by atoms with Gasteiger partial charge in [0.1, 0.15) is 12.9 Å². The Hall–Kier alpha value is -3.15. The molecule has 1 heterocycles. The number of para-hydroxylation sites is 1. The van der Waals surface area contributed by atoms with Crippen molar-refractivity contribution in [1.82, 2.24) is 14.8 Å². The van der Waals surface area contributed by atoms with E-state index in [0.29, 0.717) is 12.5 Å². The van der Waals surface area contributed by atoms with Gasteiger partial charge in [0, 0.05) is 11.4 Å². The first-order chi connectivity index (χ1) is 11.6. The molecule has 1 aromatic heterocycles. The molecule has 0 spiro atoms. The molecular formula is C18H20N6. The Balaban J connectivity index is 1.72. The standard InChI is InChI=1S/C18H20N6/c1-13-8-9-15(10-14(13)2)22-18(19)20-11-17-23-21-12-24(17)16-6-4-3-5-7-16/h3-10,12H,11H2,1-2H3,(H3,19,20,22). The Labute approximate surface area is 141 Å². The highest BCUT2D eigenvalue weighted by Crippen LogP contribution is 2.14. The number of anilines is 1. The molecule has 0 aliphatic rings. The smallest absolute Gasteiger partial charge is 0.193 e. The fourth-order valence-electron chi connectivity index (χ4n) is 2.33. The van der Waals surface area contributed by atoms with Gasteiger partial charge in [0.15, 0.2) is 11.8 Å². The van der Waals surface area contributed by atoms with Gasteiger partial charge in [-0.3, -0.25) is 4.57 Å². The second kappa shape index (κ2) is 6.95. The topological polar surface area (TPSA) is 81.1 Å². The SMILES string of the molecule is Cc1ccc(NC(N)=NCc2nncn2-c2ccccc2)cc1C. The first-order valence-electron chi connectivity index (χ1n) is 7.72. The van der Waals surface area contributed by atoms with Crippen molar-refractivity contribution in [1.29, 1.82) is 0 Å². The van der Waals surface area contributed by atoms with E-state index < -0.39 is 0 Å². The van der Waals surface area contributed by atoms with E-state index in [1.807, 2.05) is 47.0 Å². The number of hydrogen-bond donors (Lipinski definition) is 2. The lowest BCUT2D eigenvalue weighted by atomic mass is 10.1. The van der Waals surface area contributed by atoms with Gasteiger partial charge in [0.25, 0.3) is 0 Å². The van der Waals surface area contributed by atoms with E-state index in [4.69, 9.17) is 5.73 Å². The number of aromatic nitrogens is 3. The molecule has 0 radical (unpaired) electrons. The fourth-order valence-corrected chi connectivity index (χ4v) is 2.33. The third-order valence-electron chi connectivity index (χ3n) is 3.82. The summed E-state index contributed by atoms with van der Waals surface area (Å²) in [5.41, 5.74) is 10.3. The maximum Gasteiger partial charge on any atom is 0.193 e. The van der Waals surface area contributed by atoms with E-state index >= 15 is 0 Å². The van der Waals surface area contributed by atoms with E-state index in [2.05, 4.69) is 40.4 Å². The van der Waals surface area contributed by atoms with Gasteiger partial charge < -0.3 is 11.1 Å². The molecule has 0 atom stereocenters. The minimum atomic E-state index is 0.346. The Morgan fingerprint density at radius 1 is 1.12 bits per heavy atom. The number of nitrogens with two attached hydrogens (primary N) is 1. The molecular weight excluding hydrogens is 300 g/mol. The predicted octanol–water partition coefficient (Wildman–Crippen LogP) is 2.81. The van der Waals surface area contributed by atoms with Crippen LogP contribution in [-0.2, 0) is 6.54 Å². The summed E-state index contributed by atoms with van der Waals surface area (Å²) in [5.74, 6) is 1.08. The van der Waals surface area contributed by atoms with E-state index in [1.165, 1.54) is 11.1 Å². The Morgan fingerprint density at radius 3 is 2.67 bits per heavy atom. The highest BCUT2D eigenvalue weighted by Gasteiger charge is 2.05. The summed E-state index contributed by atoms with van der Waals surface area (Å²) < 4.78 is 1.90. The van der Waals surface area contributed by atoms with E-state index in [-0.39, 0.29) is 0 Å². The quantitative estimate of drug-likeness (QED) is 0.572.